The van der Waals surface area contributed by atoms with E-state index in [1.54, 1.807) is 4.90 Å². The minimum atomic E-state index is -0.590. The molecule has 1 atom stereocenters. The molecule has 2 fully saturated rings. The molecule has 7 heteroatoms. The molecule has 0 saturated carbocycles. The van der Waals surface area contributed by atoms with Crippen LogP contribution in [0.4, 0.5) is 0 Å². The summed E-state index contributed by atoms with van der Waals surface area (Å²) in [6, 6.07) is 5.53. The van der Waals surface area contributed by atoms with Crippen LogP contribution in [0.5, 0.6) is 0 Å². The van der Waals surface area contributed by atoms with Crippen molar-refractivity contribution in [2.45, 2.75) is 38.0 Å². The molecule has 0 aromatic heterocycles. The number of amides is 3. The molecular weight excluding hydrogens is 344 g/mol. The number of hydrogen-bond acceptors (Lipinski definition) is 5. The number of nitrogens with zero attached hydrogens (tertiary/aromatic N) is 2. The van der Waals surface area contributed by atoms with Gasteiger partial charge in [-0.1, -0.05) is 18.1 Å². The maximum Gasteiger partial charge on any atom is 0.255 e. The summed E-state index contributed by atoms with van der Waals surface area (Å²) in [5.74, 6) is 1.91. The van der Waals surface area contributed by atoms with E-state index in [0.717, 1.165) is 24.2 Å². The first-order valence-corrected chi connectivity index (χ1v) is 9.22. The molecule has 27 heavy (non-hydrogen) atoms. The minimum absolute atomic E-state index is 0.143. The number of nitrogens with one attached hydrogen (secondary N) is 2. The maximum absolute atomic E-state index is 12.9. The number of rotatable bonds is 5. The van der Waals surface area contributed by atoms with Gasteiger partial charge in [-0.3, -0.25) is 24.6 Å². The first-order valence-electron chi connectivity index (χ1n) is 9.22. The van der Waals surface area contributed by atoms with Gasteiger partial charge in [-0.15, -0.1) is 6.42 Å². The smallest absolute Gasteiger partial charge is 0.255 e. The molecule has 7 nitrogen and oxygen atoms in total. The van der Waals surface area contributed by atoms with Gasteiger partial charge in [-0.25, -0.2) is 0 Å². The normalized spacial score (nSPS) is 22.4. The van der Waals surface area contributed by atoms with E-state index < -0.39 is 6.04 Å². The van der Waals surface area contributed by atoms with E-state index in [9.17, 15) is 14.4 Å². The van der Waals surface area contributed by atoms with Crippen LogP contribution in [-0.2, 0) is 22.7 Å². The first kappa shape index (κ1) is 17.7. The van der Waals surface area contributed by atoms with Crippen molar-refractivity contribution in [3.8, 4) is 12.3 Å². The zero-order valence-electron chi connectivity index (χ0n) is 15.0. The van der Waals surface area contributed by atoms with Gasteiger partial charge in [0.2, 0.25) is 11.8 Å². The van der Waals surface area contributed by atoms with Gasteiger partial charge in [0.25, 0.3) is 5.91 Å². The zero-order valence-corrected chi connectivity index (χ0v) is 15.0. The molecule has 1 aromatic rings. The number of hydrogen-bond donors (Lipinski definition) is 2. The van der Waals surface area contributed by atoms with E-state index in [4.69, 9.17) is 6.42 Å². The van der Waals surface area contributed by atoms with E-state index >= 15 is 0 Å². The second-order valence-corrected chi connectivity index (χ2v) is 7.26. The maximum atomic E-state index is 12.9. The number of carbonyl (C=O) groups excluding carboxylic acids is 3. The highest BCUT2D eigenvalue weighted by Gasteiger charge is 2.40. The molecule has 0 aliphatic carbocycles. The lowest BCUT2D eigenvalue weighted by atomic mass is 10.0. The average Bonchev–Trinajstić information content (AvgIpc) is 2.92. The molecule has 2 N–H and O–H groups in total. The Balaban J connectivity index is 1.56. The SMILES string of the molecule is C#CCN(Cc1cccc2c1CN(C1CCC(=O)NC1=O)C2=O)C1CNC1. The van der Waals surface area contributed by atoms with E-state index in [0.29, 0.717) is 37.7 Å². The van der Waals surface area contributed by atoms with Crippen LogP contribution in [0.3, 0.4) is 0 Å². The summed E-state index contributed by atoms with van der Waals surface area (Å²) in [4.78, 5) is 40.3. The molecule has 4 rings (SSSR count). The lowest BCUT2D eigenvalue weighted by Crippen LogP contribution is -2.56. The van der Waals surface area contributed by atoms with Gasteiger partial charge in [-0.2, -0.15) is 0 Å². The van der Waals surface area contributed by atoms with Crippen LogP contribution >= 0.6 is 0 Å². The van der Waals surface area contributed by atoms with Crippen molar-refractivity contribution in [2.75, 3.05) is 19.6 Å². The van der Waals surface area contributed by atoms with Gasteiger partial charge >= 0.3 is 0 Å². The van der Waals surface area contributed by atoms with Crippen LogP contribution < -0.4 is 10.6 Å². The molecule has 3 aliphatic rings. The van der Waals surface area contributed by atoms with Crippen LogP contribution in [0.1, 0.15) is 34.3 Å². The van der Waals surface area contributed by atoms with Crippen LogP contribution in [-0.4, -0.2) is 59.2 Å². The van der Waals surface area contributed by atoms with E-state index in [-0.39, 0.29) is 24.1 Å². The molecule has 0 radical (unpaired) electrons. The first-order chi connectivity index (χ1) is 13.1. The predicted octanol–water partition coefficient (Wildman–Crippen LogP) is -0.145. The van der Waals surface area contributed by atoms with Crippen LogP contribution in [0.2, 0.25) is 0 Å². The van der Waals surface area contributed by atoms with Crippen molar-refractivity contribution < 1.29 is 14.4 Å². The van der Waals surface area contributed by atoms with Gasteiger partial charge in [0.05, 0.1) is 6.54 Å². The minimum Gasteiger partial charge on any atom is -0.322 e. The van der Waals surface area contributed by atoms with Crippen molar-refractivity contribution >= 4 is 17.7 Å². The second kappa shape index (κ2) is 7.14. The van der Waals surface area contributed by atoms with Crippen molar-refractivity contribution in [3.05, 3.63) is 34.9 Å². The average molecular weight is 366 g/mol. The Morgan fingerprint density at radius 2 is 2.07 bits per heavy atom. The largest absolute Gasteiger partial charge is 0.322 e. The topological polar surface area (TPSA) is 81.8 Å². The number of benzene rings is 1. The lowest BCUT2D eigenvalue weighted by Gasteiger charge is -2.37. The van der Waals surface area contributed by atoms with E-state index in [2.05, 4.69) is 21.5 Å². The molecule has 140 valence electrons. The number of imide groups is 1. The summed E-state index contributed by atoms with van der Waals surface area (Å²) in [6.45, 7) is 3.45. The lowest BCUT2D eigenvalue weighted by molar-refractivity contribution is -0.136. The Kier molecular flexibility index (Phi) is 4.68. The molecule has 0 spiro atoms. The summed E-state index contributed by atoms with van der Waals surface area (Å²) >= 11 is 0. The van der Waals surface area contributed by atoms with Crippen LogP contribution in [0, 0.1) is 12.3 Å². The van der Waals surface area contributed by atoms with Gasteiger partial charge in [0.1, 0.15) is 6.04 Å². The Morgan fingerprint density at radius 3 is 2.74 bits per heavy atom. The summed E-state index contributed by atoms with van der Waals surface area (Å²) in [5, 5.41) is 5.60. The van der Waals surface area contributed by atoms with Gasteiger partial charge < -0.3 is 10.2 Å². The highest BCUT2D eigenvalue weighted by molar-refractivity contribution is 6.05. The Hall–Kier alpha value is -2.69. The molecule has 3 aliphatic heterocycles. The Bertz CT molecular complexity index is 840. The summed E-state index contributed by atoms with van der Waals surface area (Å²) in [7, 11) is 0. The standard InChI is InChI=1S/C20H22N4O3/c1-2-8-23(14-9-21-10-14)11-13-4-3-5-15-16(13)12-24(20(15)27)17-6-7-18(25)22-19(17)26/h1,3-5,14,17,21H,6-12H2,(H,22,25,26). The Labute approximate surface area is 158 Å². The quantitative estimate of drug-likeness (QED) is 0.560. The molecule has 1 unspecified atom stereocenters. The van der Waals surface area contributed by atoms with Gasteiger partial charge in [0.15, 0.2) is 0 Å². The number of carbonyl (C=O) groups is 3. The third-order valence-electron chi connectivity index (χ3n) is 5.62. The third-order valence-corrected chi connectivity index (χ3v) is 5.62. The summed E-state index contributed by atoms with van der Waals surface area (Å²) < 4.78 is 0. The van der Waals surface area contributed by atoms with Gasteiger partial charge in [0, 0.05) is 44.2 Å². The van der Waals surface area contributed by atoms with Crippen LogP contribution in [0.15, 0.2) is 18.2 Å². The van der Waals surface area contributed by atoms with Crippen molar-refractivity contribution in [1.29, 1.82) is 0 Å². The number of fused-ring (bicyclic) bond motifs is 1. The number of piperidine rings is 1. The van der Waals surface area contributed by atoms with Crippen molar-refractivity contribution in [2.24, 2.45) is 0 Å². The van der Waals surface area contributed by atoms with E-state index in [1.807, 2.05) is 18.2 Å². The highest BCUT2D eigenvalue weighted by atomic mass is 16.2. The van der Waals surface area contributed by atoms with Crippen LogP contribution in [0.25, 0.3) is 0 Å². The fraction of sp³-hybridized carbons (Fsp3) is 0.450. The molecule has 1 aromatic carbocycles. The Morgan fingerprint density at radius 1 is 1.26 bits per heavy atom. The van der Waals surface area contributed by atoms with Crippen molar-refractivity contribution in [1.82, 2.24) is 20.4 Å². The zero-order chi connectivity index (χ0) is 19.0. The summed E-state index contributed by atoms with van der Waals surface area (Å²) in [6.07, 6.45) is 6.16. The second-order valence-electron chi connectivity index (χ2n) is 7.26. The monoisotopic (exact) mass is 366 g/mol. The summed E-state index contributed by atoms with van der Waals surface area (Å²) in [5.41, 5.74) is 2.67. The fourth-order valence-corrected chi connectivity index (χ4v) is 3.98. The van der Waals surface area contributed by atoms with Gasteiger partial charge in [-0.05, 0) is 23.6 Å². The predicted molar refractivity (Wildman–Crippen MR) is 98.4 cm³/mol. The van der Waals surface area contributed by atoms with Crippen molar-refractivity contribution in [3.63, 3.8) is 0 Å². The molecule has 2 saturated heterocycles. The third kappa shape index (κ3) is 3.22. The molecule has 3 amide bonds. The number of terminal acetylenes is 1. The highest BCUT2D eigenvalue weighted by Crippen LogP contribution is 2.30. The fourth-order valence-electron chi connectivity index (χ4n) is 3.98. The molecular formula is C20H22N4O3. The molecule has 3 heterocycles. The van der Waals surface area contributed by atoms with E-state index in [1.165, 1.54) is 0 Å². The molecule has 0 bridgehead atoms.